The van der Waals surface area contributed by atoms with Gasteiger partial charge in [-0.2, -0.15) is 5.10 Å². The first kappa shape index (κ1) is 21.9. The molecule has 3 aromatic rings. The van der Waals surface area contributed by atoms with Crippen molar-refractivity contribution < 1.29 is 14.9 Å². The number of methoxy groups -OCH3 is 1. The summed E-state index contributed by atoms with van der Waals surface area (Å²) in [5.41, 5.74) is 4.78. The lowest BCUT2D eigenvalue weighted by Crippen LogP contribution is -2.43. The molecule has 1 atom stereocenters. The quantitative estimate of drug-likeness (QED) is 0.466. The van der Waals surface area contributed by atoms with Gasteiger partial charge < -0.3 is 14.9 Å². The third kappa shape index (κ3) is 4.66. The van der Waals surface area contributed by atoms with Gasteiger partial charge in [0.05, 0.1) is 17.8 Å². The van der Waals surface area contributed by atoms with Crippen molar-refractivity contribution in [3.05, 3.63) is 58.2 Å². The fraction of sp³-hybridized carbons (Fsp3) is 0.318. The maximum Gasteiger partial charge on any atom is 0.169 e. The number of aliphatic hydroxyl groups is 1. The van der Waals surface area contributed by atoms with Crippen LogP contribution in [0.4, 0.5) is 0 Å². The average Bonchev–Trinajstić information content (AvgIpc) is 3.11. The predicted octanol–water partition coefficient (Wildman–Crippen LogP) is 4.54. The number of ether oxygens (including phenoxy) is 1. The van der Waals surface area contributed by atoms with Gasteiger partial charge in [-0.1, -0.05) is 29.6 Å². The highest BCUT2D eigenvalue weighted by atomic mass is 35.5. The zero-order chi connectivity index (χ0) is 22.0. The van der Waals surface area contributed by atoms with E-state index < -0.39 is 6.23 Å². The summed E-state index contributed by atoms with van der Waals surface area (Å²) in [6.07, 6.45) is 2.10. The highest BCUT2D eigenvalue weighted by Gasteiger charge is 2.27. The minimum atomic E-state index is -1.18. The summed E-state index contributed by atoms with van der Waals surface area (Å²) in [5, 5.41) is 29.2. The van der Waals surface area contributed by atoms with Crippen LogP contribution in [-0.2, 0) is 0 Å². The van der Waals surface area contributed by atoms with Crippen molar-refractivity contribution in [3.8, 4) is 28.4 Å². The topological polar surface area (TPSA) is 82.8 Å². The van der Waals surface area contributed by atoms with Crippen LogP contribution in [0.3, 0.4) is 0 Å². The first-order valence-corrected chi connectivity index (χ1v) is 10.8. The highest BCUT2D eigenvalue weighted by Crippen LogP contribution is 2.39. The second-order valence-corrected chi connectivity index (χ2v) is 8.24. The largest absolute Gasteiger partial charge is 0.504 e. The Labute approximate surface area is 190 Å². The second-order valence-electron chi connectivity index (χ2n) is 7.40. The molecule has 1 unspecified atom stereocenters. The zero-order valence-electron chi connectivity index (χ0n) is 17.1. The molecule has 1 aliphatic heterocycles. The van der Waals surface area contributed by atoms with Gasteiger partial charge in [-0.05, 0) is 55.3 Å². The smallest absolute Gasteiger partial charge is 0.169 e. The van der Waals surface area contributed by atoms with E-state index in [0.717, 1.165) is 25.9 Å². The number of piperidine rings is 1. The summed E-state index contributed by atoms with van der Waals surface area (Å²) >= 11 is 12.5. The molecule has 0 amide bonds. The van der Waals surface area contributed by atoms with E-state index in [4.69, 9.17) is 27.9 Å². The van der Waals surface area contributed by atoms with Gasteiger partial charge in [-0.15, -0.1) is 0 Å². The van der Waals surface area contributed by atoms with Crippen LogP contribution < -0.4 is 10.2 Å². The molecule has 31 heavy (non-hydrogen) atoms. The van der Waals surface area contributed by atoms with Crippen molar-refractivity contribution in [2.75, 3.05) is 20.2 Å². The Kier molecular flexibility index (Phi) is 6.69. The summed E-state index contributed by atoms with van der Waals surface area (Å²) in [6, 6.07) is 12.2. The first-order chi connectivity index (χ1) is 15.0. The van der Waals surface area contributed by atoms with Crippen LogP contribution in [-0.4, -0.2) is 45.2 Å². The number of hydrazine groups is 1. The summed E-state index contributed by atoms with van der Waals surface area (Å²) in [5.74, 6) is 0.555. The number of aliphatic hydroxyl groups excluding tert-OH is 1. The molecule has 1 fully saturated rings. The van der Waals surface area contributed by atoms with Crippen molar-refractivity contribution >= 4 is 23.2 Å². The molecule has 7 nitrogen and oxygen atoms in total. The van der Waals surface area contributed by atoms with Gasteiger partial charge >= 0.3 is 0 Å². The van der Waals surface area contributed by atoms with Crippen molar-refractivity contribution in [1.29, 1.82) is 0 Å². The summed E-state index contributed by atoms with van der Waals surface area (Å²) < 4.78 is 6.75. The lowest BCUT2D eigenvalue weighted by Gasteiger charge is -2.29. The molecular weight excluding hydrogens is 439 g/mol. The Morgan fingerprint density at radius 3 is 2.42 bits per heavy atom. The number of benzene rings is 2. The summed E-state index contributed by atoms with van der Waals surface area (Å²) in [4.78, 5) is 0. The van der Waals surface area contributed by atoms with Gasteiger partial charge in [0.25, 0.3) is 0 Å². The Hall–Kier alpha value is -2.29. The van der Waals surface area contributed by atoms with Crippen LogP contribution in [0.5, 0.6) is 11.5 Å². The Bertz CT molecular complexity index is 1050. The minimum Gasteiger partial charge on any atom is -0.504 e. The van der Waals surface area contributed by atoms with Gasteiger partial charge in [0.2, 0.25) is 0 Å². The van der Waals surface area contributed by atoms with E-state index in [0.29, 0.717) is 32.7 Å². The number of rotatable bonds is 6. The molecule has 2 heterocycles. The van der Waals surface area contributed by atoms with Crippen LogP contribution in [0.1, 0.15) is 31.2 Å². The maximum absolute atomic E-state index is 11.1. The highest BCUT2D eigenvalue weighted by molar-refractivity contribution is 6.35. The summed E-state index contributed by atoms with van der Waals surface area (Å²) in [6.45, 7) is 1.65. The van der Waals surface area contributed by atoms with Gasteiger partial charge in [-0.3, -0.25) is 0 Å². The molecule has 0 radical (unpaired) electrons. The fourth-order valence-corrected chi connectivity index (χ4v) is 4.19. The number of nitrogens with one attached hydrogen (secondary N) is 1. The Balaban J connectivity index is 1.78. The molecule has 164 valence electrons. The van der Waals surface area contributed by atoms with E-state index in [-0.39, 0.29) is 11.4 Å². The van der Waals surface area contributed by atoms with Crippen molar-refractivity contribution in [2.24, 2.45) is 0 Å². The van der Waals surface area contributed by atoms with E-state index in [1.54, 1.807) is 37.4 Å². The molecule has 0 saturated carbocycles. The van der Waals surface area contributed by atoms with E-state index in [2.05, 4.69) is 10.5 Å². The average molecular weight is 463 g/mol. The Morgan fingerprint density at radius 2 is 1.77 bits per heavy atom. The predicted molar refractivity (Wildman–Crippen MR) is 121 cm³/mol. The van der Waals surface area contributed by atoms with Gasteiger partial charge in [0.1, 0.15) is 17.1 Å². The van der Waals surface area contributed by atoms with Crippen molar-refractivity contribution in [3.63, 3.8) is 0 Å². The number of aromatic hydroxyl groups is 1. The lowest BCUT2D eigenvalue weighted by molar-refractivity contribution is 0.0191. The molecule has 4 rings (SSSR count). The van der Waals surface area contributed by atoms with Crippen molar-refractivity contribution in [1.82, 2.24) is 20.2 Å². The van der Waals surface area contributed by atoms with Gasteiger partial charge in [0, 0.05) is 23.7 Å². The number of nitrogens with zero attached hydrogens (tertiary/aromatic N) is 3. The van der Waals surface area contributed by atoms with Crippen molar-refractivity contribution in [2.45, 2.75) is 25.5 Å². The Morgan fingerprint density at radius 1 is 1.06 bits per heavy atom. The molecule has 1 aliphatic rings. The van der Waals surface area contributed by atoms with Crippen LogP contribution in [0.2, 0.25) is 10.0 Å². The van der Waals surface area contributed by atoms with E-state index in [1.165, 1.54) is 11.1 Å². The SMILES string of the molecule is COc1ccc(-c2c(O)c(C(O)NN3CCCCC3)nn2-c2ccc(Cl)cc2Cl)cc1. The molecule has 1 saturated heterocycles. The number of halogens is 2. The molecule has 2 aromatic carbocycles. The number of hydrogen-bond acceptors (Lipinski definition) is 6. The lowest BCUT2D eigenvalue weighted by atomic mass is 10.1. The van der Waals surface area contributed by atoms with Crippen LogP contribution in [0.25, 0.3) is 16.9 Å². The molecule has 0 bridgehead atoms. The standard InChI is InChI=1S/C22H24Cl2N4O3/c1-31-16-8-5-14(6-9-16)20-21(29)19(22(30)26-27-11-3-2-4-12-27)25-28(20)18-10-7-15(23)13-17(18)24/h5-10,13,22,26,29-30H,2-4,11-12H2,1H3. The zero-order valence-corrected chi connectivity index (χ0v) is 18.6. The fourth-order valence-electron chi connectivity index (χ4n) is 3.70. The number of aromatic nitrogens is 2. The third-order valence-electron chi connectivity index (χ3n) is 5.31. The van der Waals surface area contributed by atoms with Gasteiger partial charge in [0.15, 0.2) is 12.0 Å². The van der Waals surface area contributed by atoms with E-state index in [1.807, 2.05) is 17.1 Å². The van der Waals surface area contributed by atoms with Crippen LogP contribution in [0, 0.1) is 0 Å². The summed E-state index contributed by atoms with van der Waals surface area (Å²) in [7, 11) is 1.59. The van der Waals surface area contributed by atoms with Crippen LogP contribution >= 0.6 is 23.2 Å². The molecule has 9 heteroatoms. The van der Waals surface area contributed by atoms with E-state index in [9.17, 15) is 10.2 Å². The van der Waals surface area contributed by atoms with Crippen LogP contribution in [0.15, 0.2) is 42.5 Å². The second kappa shape index (κ2) is 9.46. The maximum atomic E-state index is 11.1. The minimum absolute atomic E-state index is 0.113. The first-order valence-electron chi connectivity index (χ1n) is 10.1. The van der Waals surface area contributed by atoms with E-state index >= 15 is 0 Å². The molecule has 0 aliphatic carbocycles. The number of hydrogen-bond donors (Lipinski definition) is 3. The molecule has 0 spiro atoms. The monoisotopic (exact) mass is 462 g/mol. The normalized spacial score (nSPS) is 15.7. The molecule has 1 aromatic heterocycles. The molecular formula is C22H24Cl2N4O3. The molecule has 3 N–H and O–H groups in total. The third-order valence-corrected chi connectivity index (χ3v) is 5.85. The van der Waals surface area contributed by atoms with Gasteiger partial charge in [-0.25, -0.2) is 15.1 Å².